The summed E-state index contributed by atoms with van der Waals surface area (Å²) in [6.07, 6.45) is 0. The van der Waals surface area contributed by atoms with Gasteiger partial charge in [-0.05, 0) is 94.0 Å². The summed E-state index contributed by atoms with van der Waals surface area (Å²) in [5, 5.41) is 5.21. The Morgan fingerprint density at radius 1 is 0.294 bits per heavy atom. The fourth-order valence-corrected chi connectivity index (χ4v) is 9.62. The maximum atomic E-state index is 2.45. The van der Waals surface area contributed by atoms with Crippen LogP contribution in [0.4, 0.5) is 17.1 Å². The van der Waals surface area contributed by atoms with Gasteiger partial charge in [-0.15, -0.1) is 22.7 Å². The SMILES string of the molecule is c1ccc(-c2ccc(N(c3ccc(-c4ccccc4)cc3)c3cc(-c4ccc5sc6ccccc6c5c4)cc4c3sc3ccccc34)cc2)cc1. The van der Waals surface area contributed by atoms with Crippen LogP contribution < -0.4 is 4.90 Å². The molecule has 0 saturated carbocycles. The molecule has 0 spiro atoms. The van der Waals surface area contributed by atoms with Crippen molar-refractivity contribution in [3.05, 3.63) is 188 Å². The molecule has 0 N–H and O–H groups in total. The second-order valence-corrected chi connectivity index (χ2v) is 15.1. The monoisotopic (exact) mass is 685 g/mol. The van der Waals surface area contributed by atoms with Gasteiger partial charge in [0.05, 0.1) is 10.4 Å². The molecule has 0 fully saturated rings. The number of benzene rings is 8. The van der Waals surface area contributed by atoms with Crippen LogP contribution >= 0.6 is 22.7 Å². The smallest absolute Gasteiger partial charge is 0.0646 e. The zero-order valence-corrected chi connectivity index (χ0v) is 29.3. The molecule has 1 nitrogen and oxygen atoms in total. The number of anilines is 3. The van der Waals surface area contributed by atoms with Crippen molar-refractivity contribution in [2.45, 2.75) is 0 Å². The molecule has 0 unspecified atom stereocenters. The lowest BCUT2D eigenvalue weighted by molar-refractivity contribution is 1.30. The summed E-state index contributed by atoms with van der Waals surface area (Å²) in [7, 11) is 0. The van der Waals surface area contributed by atoms with Crippen molar-refractivity contribution in [1.82, 2.24) is 0 Å². The summed E-state index contributed by atoms with van der Waals surface area (Å²) >= 11 is 3.74. The zero-order valence-electron chi connectivity index (χ0n) is 27.7. The molecule has 0 amide bonds. The van der Waals surface area contributed by atoms with Crippen molar-refractivity contribution in [2.75, 3.05) is 4.90 Å². The van der Waals surface area contributed by atoms with Crippen LogP contribution in [-0.4, -0.2) is 0 Å². The Labute approximate surface area is 304 Å². The van der Waals surface area contributed by atoms with Crippen molar-refractivity contribution in [1.29, 1.82) is 0 Å². The molecule has 0 aliphatic carbocycles. The van der Waals surface area contributed by atoms with Crippen molar-refractivity contribution in [3.8, 4) is 33.4 Å². The molecule has 0 atom stereocenters. The lowest BCUT2D eigenvalue weighted by Crippen LogP contribution is -2.10. The molecule has 8 aromatic carbocycles. The maximum Gasteiger partial charge on any atom is 0.0646 e. The first kappa shape index (κ1) is 29.9. The second kappa shape index (κ2) is 12.4. The first-order valence-electron chi connectivity index (χ1n) is 17.2. The van der Waals surface area contributed by atoms with E-state index in [0.717, 1.165) is 11.4 Å². The van der Waals surface area contributed by atoms with Crippen LogP contribution in [0.3, 0.4) is 0 Å². The highest BCUT2D eigenvalue weighted by molar-refractivity contribution is 7.26. The molecule has 3 heteroatoms. The van der Waals surface area contributed by atoms with Crippen molar-refractivity contribution in [2.24, 2.45) is 0 Å². The number of fused-ring (bicyclic) bond motifs is 6. The molecule has 10 rings (SSSR count). The summed E-state index contributed by atoms with van der Waals surface area (Å²) in [6.45, 7) is 0. The van der Waals surface area contributed by atoms with E-state index >= 15 is 0 Å². The van der Waals surface area contributed by atoms with Gasteiger partial charge in [0.25, 0.3) is 0 Å². The molecule has 0 aliphatic rings. The van der Waals surface area contributed by atoms with Gasteiger partial charge in [-0.25, -0.2) is 0 Å². The largest absolute Gasteiger partial charge is 0.309 e. The number of thiophene rings is 2. The predicted octanol–water partition coefficient (Wildman–Crippen LogP) is 14.9. The summed E-state index contributed by atoms with van der Waals surface area (Å²) < 4.78 is 5.22. The minimum atomic E-state index is 1.12. The van der Waals surface area contributed by atoms with E-state index in [2.05, 4.69) is 193 Å². The van der Waals surface area contributed by atoms with Gasteiger partial charge in [0.15, 0.2) is 0 Å². The quantitative estimate of drug-likeness (QED) is 0.168. The van der Waals surface area contributed by atoms with Gasteiger partial charge in [-0.3, -0.25) is 0 Å². The molecule has 2 heterocycles. The average Bonchev–Trinajstić information content (AvgIpc) is 3.77. The van der Waals surface area contributed by atoms with Gasteiger partial charge >= 0.3 is 0 Å². The molecule has 51 heavy (non-hydrogen) atoms. The fraction of sp³-hybridized carbons (Fsp3) is 0. The Morgan fingerprint density at radius 2 is 0.745 bits per heavy atom. The van der Waals surface area contributed by atoms with Crippen LogP contribution in [0, 0.1) is 0 Å². The number of nitrogens with zero attached hydrogens (tertiary/aromatic N) is 1. The normalized spacial score (nSPS) is 11.5. The third-order valence-electron chi connectivity index (χ3n) is 9.87. The average molecular weight is 686 g/mol. The highest BCUT2D eigenvalue weighted by Gasteiger charge is 2.21. The summed E-state index contributed by atoms with van der Waals surface area (Å²) in [4.78, 5) is 2.45. The number of rotatable bonds is 6. The first-order chi connectivity index (χ1) is 25.3. The molecule has 10 aromatic rings. The molecular formula is C48H31NS2. The molecule has 0 aliphatic heterocycles. The standard InChI is InChI=1S/C48H31NS2/c1-3-11-32(12-4-1)34-19-24-38(25-20-34)49(39-26-21-35(22-27-39)33-13-5-2-6-14-33)44-31-37(30-43-41-16-8-10-18-46(41)51-48(43)44)36-23-28-47-42(29-36)40-15-7-9-17-45(40)50-47/h1-31H. The van der Waals surface area contributed by atoms with Crippen LogP contribution in [0.5, 0.6) is 0 Å². The van der Waals surface area contributed by atoms with Crippen LogP contribution in [0.25, 0.3) is 73.7 Å². The topological polar surface area (TPSA) is 3.24 Å². The molecule has 2 aromatic heterocycles. The lowest BCUT2D eigenvalue weighted by Gasteiger charge is -2.27. The third kappa shape index (κ3) is 5.30. The third-order valence-corrected chi connectivity index (χ3v) is 12.2. The van der Waals surface area contributed by atoms with Gasteiger partial charge in [-0.2, -0.15) is 0 Å². The molecular weight excluding hydrogens is 655 g/mol. The van der Waals surface area contributed by atoms with E-state index < -0.39 is 0 Å². The van der Waals surface area contributed by atoms with Crippen LogP contribution in [0.15, 0.2) is 188 Å². The molecule has 0 saturated heterocycles. The fourth-order valence-electron chi connectivity index (χ4n) is 7.34. The van der Waals surface area contributed by atoms with Gasteiger partial charge < -0.3 is 4.90 Å². The Morgan fingerprint density at radius 3 is 1.35 bits per heavy atom. The van der Waals surface area contributed by atoms with E-state index in [1.165, 1.54) is 79.4 Å². The lowest BCUT2D eigenvalue weighted by atomic mass is 9.98. The summed E-state index contributed by atoms with van der Waals surface area (Å²) in [5.74, 6) is 0. The Balaban J connectivity index is 1.20. The minimum absolute atomic E-state index is 1.12. The van der Waals surface area contributed by atoms with Gasteiger partial charge in [0.2, 0.25) is 0 Å². The van der Waals surface area contributed by atoms with E-state index in [4.69, 9.17) is 0 Å². The van der Waals surface area contributed by atoms with Crippen molar-refractivity contribution in [3.63, 3.8) is 0 Å². The first-order valence-corrected chi connectivity index (χ1v) is 18.9. The van der Waals surface area contributed by atoms with Crippen LogP contribution in [0.2, 0.25) is 0 Å². The zero-order chi connectivity index (χ0) is 33.7. The molecule has 0 radical (unpaired) electrons. The van der Waals surface area contributed by atoms with Crippen molar-refractivity contribution >= 4 is 80.1 Å². The minimum Gasteiger partial charge on any atom is -0.309 e. The molecule has 0 bridgehead atoms. The second-order valence-electron chi connectivity index (χ2n) is 12.9. The number of hydrogen-bond donors (Lipinski definition) is 0. The molecule has 240 valence electrons. The van der Waals surface area contributed by atoms with E-state index in [1.54, 1.807) is 0 Å². The number of hydrogen-bond acceptors (Lipinski definition) is 3. The highest BCUT2D eigenvalue weighted by atomic mass is 32.1. The highest BCUT2D eigenvalue weighted by Crippen LogP contribution is 2.48. The van der Waals surface area contributed by atoms with E-state index in [9.17, 15) is 0 Å². The maximum absolute atomic E-state index is 2.45. The Kier molecular flexibility index (Phi) is 7.26. The Bertz CT molecular complexity index is 2750. The van der Waals surface area contributed by atoms with Crippen LogP contribution in [0.1, 0.15) is 0 Å². The Hall–Kier alpha value is -6.00. The van der Waals surface area contributed by atoms with Crippen LogP contribution in [-0.2, 0) is 0 Å². The van der Waals surface area contributed by atoms with Crippen molar-refractivity contribution < 1.29 is 0 Å². The van der Waals surface area contributed by atoms with E-state index in [-0.39, 0.29) is 0 Å². The van der Waals surface area contributed by atoms with Gasteiger partial charge in [0.1, 0.15) is 0 Å². The predicted molar refractivity (Wildman–Crippen MR) is 223 cm³/mol. The summed E-state index contributed by atoms with van der Waals surface area (Å²) in [5.41, 5.74) is 10.7. The van der Waals surface area contributed by atoms with Gasteiger partial charge in [0, 0.05) is 47.0 Å². The van der Waals surface area contributed by atoms with E-state index in [1.807, 2.05) is 22.7 Å². The van der Waals surface area contributed by atoms with Gasteiger partial charge in [-0.1, -0.05) is 127 Å². The summed E-state index contributed by atoms with van der Waals surface area (Å²) in [6, 6.07) is 68.7. The van der Waals surface area contributed by atoms with E-state index in [0.29, 0.717) is 0 Å².